The molecule has 0 amide bonds. The van der Waals surface area contributed by atoms with Crippen LogP contribution >= 0.6 is 0 Å². The molecule has 1 saturated heterocycles. The number of nitrogens with zero attached hydrogens (tertiary/aromatic N) is 1. The lowest BCUT2D eigenvalue weighted by Gasteiger charge is -2.48. The highest BCUT2D eigenvalue weighted by molar-refractivity contribution is 5.52. The smallest absolute Gasteiger partial charge is 0.386 e. The Labute approximate surface area is 103 Å². The summed E-state index contributed by atoms with van der Waals surface area (Å²) in [5, 5.41) is 10.1. The number of aliphatic hydroxyl groups is 1. The van der Waals surface area contributed by atoms with Gasteiger partial charge in [0.25, 0.3) is 0 Å². The largest absolute Gasteiger partial charge is 0.416 e. The molecular weight excluding hydrogens is 243 g/mol. The zero-order chi connectivity index (χ0) is 13.0. The summed E-state index contributed by atoms with van der Waals surface area (Å²) in [5.41, 5.74) is -0.500. The molecule has 1 aromatic rings. The fraction of sp³-hybridized carbons (Fsp3) is 0.538. The van der Waals surface area contributed by atoms with Gasteiger partial charge in [-0.25, -0.2) is 0 Å². The molecule has 2 nitrogen and oxygen atoms in total. The number of hydrogen-bond donors (Lipinski definition) is 1. The van der Waals surface area contributed by atoms with Crippen LogP contribution in [-0.4, -0.2) is 23.8 Å². The first-order valence-electron chi connectivity index (χ1n) is 6.03. The zero-order valence-corrected chi connectivity index (χ0v) is 9.74. The number of anilines is 1. The molecule has 2 fully saturated rings. The van der Waals surface area contributed by atoms with Crippen molar-refractivity contribution in [1.29, 1.82) is 0 Å². The van der Waals surface area contributed by atoms with Crippen LogP contribution in [0.2, 0.25) is 0 Å². The SMILES string of the molecule is OC1(C2CC2)CN(c2ccc(C(F)(F)F)cc2)C1. The molecule has 1 N–H and O–H groups in total. The number of hydrogen-bond acceptors (Lipinski definition) is 2. The van der Waals surface area contributed by atoms with E-state index in [1.54, 1.807) is 0 Å². The second-order valence-corrected chi connectivity index (χ2v) is 5.28. The van der Waals surface area contributed by atoms with Crippen molar-refractivity contribution in [2.45, 2.75) is 24.6 Å². The quantitative estimate of drug-likeness (QED) is 0.880. The third-order valence-electron chi connectivity index (χ3n) is 3.83. The van der Waals surface area contributed by atoms with Crippen LogP contribution in [0.15, 0.2) is 24.3 Å². The van der Waals surface area contributed by atoms with Crippen LogP contribution in [0.25, 0.3) is 0 Å². The van der Waals surface area contributed by atoms with E-state index in [2.05, 4.69) is 0 Å². The Bertz CT molecular complexity index is 444. The van der Waals surface area contributed by atoms with Crippen LogP contribution in [0, 0.1) is 5.92 Å². The molecule has 0 bridgehead atoms. The van der Waals surface area contributed by atoms with Crippen molar-refractivity contribution < 1.29 is 18.3 Å². The van der Waals surface area contributed by atoms with Crippen LogP contribution in [0.4, 0.5) is 18.9 Å². The monoisotopic (exact) mass is 257 g/mol. The zero-order valence-electron chi connectivity index (χ0n) is 9.74. The van der Waals surface area contributed by atoms with E-state index in [0.29, 0.717) is 19.0 Å². The van der Waals surface area contributed by atoms with E-state index in [1.165, 1.54) is 12.1 Å². The molecule has 1 aliphatic heterocycles. The highest BCUT2D eigenvalue weighted by Crippen LogP contribution is 2.45. The van der Waals surface area contributed by atoms with Gasteiger partial charge in [-0.05, 0) is 43.0 Å². The van der Waals surface area contributed by atoms with Gasteiger partial charge in [0.15, 0.2) is 0 Å². The van der Waals surface area contributed by atoms with Crippen molar-refractivity contribution in [2.75, 3.05) is 18.0 Å². The van der Waals surface area contributed by atoms with E-state index in [4.69, 9.17) is 0 Å². The lowest BCUT2D eigenvalue weighted by molar-refractivity contribution is -0.137. The average molecular weight is 257 g/mol. The van der Waals surface area contributed by atoms with Crippen LogP contribution in [0.5, 0.6) is 0 Å². The van der Waals surface area contributed by atoms with Crippen molar-refractivity contribution in [3.8, 4) is 0 Å². The molecule has 3 rings (SSSR count). The molecule has 1 heterocycles. The topological polar surface area (TPSA) is 23.5 Å². The van der Waals surface area contributed by atoms with E-state index in [9.17, 15) is 18.3 Å². The minimum Gasteiger partial charge on any atom is -0.386 e. The fourth-order valence-electron chi connectivity index (χ4n) is 2.54. The lowest BCUT2D eigenvalue weighted by atomic mass is 9.88. The molecule has 98 valence electrons. The van der Waals surface area contributed by atoms with Gasteiger partial charge in [-0.15, -0.1) is 0 Å². The van der Waals surface area contributed by atoms with Gasteiger partial charge >= 0.3 is 6.18 Å². The Morgan fingerprint density at radius 2 is 1.67 bits per heavy atom. The minimum atomic E-state index is -4.29. The van der Waals surface area contributed by atoms with Crippen LogP contribution in [0.3, 0.4) is 0 Å². The number of rotatable bonds is 2. The van der Waals surface area contributed by atoms with Crippen molar-refractivity contribution >= 4 is 5.69 Å². The average Bonchev–Trinajstić information content (AvgIpc) is 3.08. The van der Waals surface area contributed by atoms with Crippen LogP contribution in [-0.2, 0) is 6.18 Å². The van der Waals surface area contributed by atoms with Crippen molar-refractivity contribution in [3.63, 3.8) is 0 Å². The summed E-state index contributed by atoms with van der Waals surface area (Å²) in [5.74, 6) is 0.392. The predicted molar refractivity (Wildman–Crippen MR) is 61.3 cm³/mol. The van der Waals surface area contributed by atoms with Crippen molar-refractivity contribution in [3.05, 3.63) is 29.8 Å². The molecule has 2 aliphatic rings. The van der Waals surface area contributed by atoms with Gasteiger partial charge < -0.3 is 10.0 Å². The molecule has 0 aromatic heterocycles. The molecule has 0 atom stereocenters. The molecule has 0 radical (unpaired) electrons. The first-order chi connectivity index (χ1) is 8.38. The molecule has 0 spiro atoms. The van der Waals surface area contributed by atoms with Crippen molar-refractivity contribution in [1.82, 2.24) is 0 Å². The van der Waals surface area contributed by atoms with E-state index in [0.717, 1.165) is 30.7 Å². The second kappa shape index (κ2) is 3.63. The van der Waals surface area contributed by atoms with Gasteiger partial charge in [0.05, 0.1) is 5.56 Å². The Balaban J connectivity index is 1.68. The van der Waals surface area contributed by atoms with E-state index >= 15 is 0 Å². The standard InChI is InChI=1S/C13H14F3NO/c14-13(15,16)10-3-5-11(6-4-10)17-7-12(18,8-17)9-1-2-9/h3-6,9,18H,1-2,7-8H2. The fourth-order valence-corrected chi connectivity index (χ4v) is 2.54. The van der Waals surface area contributed by atoms with Gasteiger partial charge in [-0.1, -0.05) is 0 Å². The molecule has 1 aromatic carbocycles. The molecule has 5 heteroatoms. The summed E-state index contributed by atoms with van der Waals surface area (Å²) in [6.07, 6.45) is -2.16. The number of benzene rings is 1. The molecular formula is C13H14F3NO. The first-order valence-corrected chi connectivity index (χ1v) is 6.03. The number of β-amino-alcohol motifs (C(OH)–C–C–N with tert-alkyl or cyclic N) is 1. The summed E-state index contributed by atoms with van der Waals surface area (Å²) < 4.78 is 37.2. The third-order valence-corrected chi connectivity index (χ3v) is 3.83. The maximum atomic E-state index is 12.4. The summed E-state index contributed by atoms with van der Waals surface area (Å²) in [7, 11) is 0. The predicted octanol–water partition coefficient (Wildman–Crippen LogP) is 2.67. The lowest BCUT2D eigenvalue weighted by Crippen LogP contribution is -2.63. The summed E-state index contributed by atoms with van der Waals surface area (Å²) >= 11 is 0. The maximum absolute atomic E-state index is 12.4. The summed E-state index contributed by atoms with van der Waals surface area (Å²) in [6.45, 7) is 1.06. The second-order valence-electron chi connectivity index (χ2n) is 5.28. The summed E-state index contributed by atoms with van der Waals surface area (Å²) in [6, 6.07) is 5.11. The van der Waals surface area contributed by atoms with E-state index in [-0.39, 0.29) is 0 Å². The van der Waals surface area contributed by atoms with Gasteiger partial charge in [0, 0.05) is 18.8 Å². The molecule has 1 aliphatic carbocycles. The molecule has 18 heavy (non-hydrogen) atoms. The number of halogens is 3. The highest BCUT2D eigenvalue weighted by Gasteiger charge is 2.51. The van der Waals surface area contributed by atoms with Gasteiger partial charge in [0.1, 0.15) is 5.60 Å². The van der Waals surface area contributed by atoms with E-state index in [1.807, 2.05) is 4.90 Å². The third kappa shape index (κ3) is 1.96. The highest BCUT2D eigenvalue weighted by atomic mass is 19.4. The molecule has 1 saturated carbocycles. The Morgan fingerprint density at radius 3 is 2.11 bits per heavy atom. The minimum absolute atomic E-state index is 0.392. The Kier molecular flexibility index (Phi) is 2.39. The van der Waals surface area contributed by atoms with Gasteiger partial charge in [-0.3, -0.25) is 0 Å². The Hall–Kier alpha value is -1.23. The van der Waals surface area contributed by atoms with E-state index < -0.39 is 17.3 Å². The molecule has 0 unspecified atom stereocenters. The first kappa shape index (κ1) is 11.8. The van der Waals surface area contributed by atoms with Crippen molar-refractivity contribution in [2.24, 2.45) is 5.92 Å². The van der Waals surface area contributed by atoms with Crippen LogP contribution < -0.4 is 4.90 Å². The normalized spacial score (nSPS) is 22.8. The Morgan fingerprint density at radius 1 is 1.11 bits per heavy atom. The number of alkyl halides is 3. The van der Waals surface area contributed by atoms with Crippen LogP contribution in [0.1, 0.15) is 18.4 Å². The maximum Gasteiger partial charge on any atom is 0.416 e. The summed E-state index contributed by atoms with van der Waals surface area (Å²) in [4.78, 5) is 1.92. The van der Waals surface area contributed by atoms with Gasteiger partial charge in [0.2, 0.25) is 0 Å². The van der Waals surface area contributed by atoms with Gasteiger partial charge in [-0.2, -0.15) is 13.2 Å².